The molecule has 4 heterocycles. The van der Waals surface area contributed by atoms with Crippen LogP contribution in [0.25, 0.3) is 22.0 Å². The zero-order valence-corrected chi connectivity index (χ0v) is 25.2. The number of aryl methyl sites for hydroxylation is 2. The van der Waals surface area contributed by atoms with Gasteiger partial charge in [-0.05, 0) is 91.2 Å². The van der Waals surface area contributed by atoms with Crippen LogP contribution in [0, 0.1) is 26.2 Å². The van der Waals surface area contributed by atoms with Gasteiger partial charge in [-0.15, -0.1) is 0 Å². The fraction of sp³-hybridized carbons (Fsp3) is 0.355. The molecule has 1 saturated heterocycles. The lowest BCUT2D eigenvalue weighted by Gasteiger charge is -2.27. The SMILES string of the molecule is CC(=O)c1c(C)n(CC(=O)N2[C@H](C(=O)Nc3nc(Br)ccc3C)C[C@@]3(C)C[C@@H]23)c2ccc(-c3cnc(C)nc3)cc12. The van der Waals surface area contributed by atoms with E-state index in [9.17, 15) is 14.4 Å². The van der Waals surface area contributed by atoms with Crippen LogP contribution in [0.15, 0.2) is 47.3 Å². The summed E-state index contributed by atoms with van der Waals surface area (Å²) in [5, 5.41) is 3.73. The van der Waals surface area contributed by atoms with Gasteiger partial charge < -0.3 is 14.8 Å². The summed E-state index contributed by atoms with van der Waals surface area (Å²) in [7, 11) is 0. The number of nitrogens with zero attached hydrogens (tertiary/aromatic N) is 5. The lowest BCUT2D eigenvalue weighted by atomic mass is 10.0. The van der Waals surface area contributed by atoms with Crippen molar-refractivity contribution in [2.45, 2.75) is 66.1 Å². The van der Waals surface area contributed by atoms with E-state index in [0.717, 1.165) is 39.7 Å². The van der Waals surface area contributed by atoms with Gasteiger partial charge in [-0.3, -0.25) is 14.4 Å². The molecular weight excluding hydrogens is 584 g/mol. The van der Waals surface area contributed by atoms with Crippen LogP contribution in [0.3, 0.4) is 0 Å². The molecule has 210 valence electrons. The van der Waals surface area contributed by atoms with Crippen molar-refractivity contribution in [2.24, 2.45) is 5.41 Å². The largest absolute Gasteiger partial charge is 0.335 e. The monoisotopic (exact) mass is 614 g/mol. The van der Waals surface area contributed by atoms with Gasteiger partial charge in [-0.2, -0.15) is 0 Å². The number of rotatable bonds is 6. The smallest absolute Gasteiger partial charge is 0.248 e. The number of piperidine rings is 1. The molecule has 6 rings (SSSR count). The van der Waals surface area contributed by atoms with E-state index in [-0.39, 0.29) is 35.6 Å². The third-order valence-corrected chi connectivity index (χ3v) is 9.06. The first-order valence-electron chi connectivity index (χ1n) is 13.6. The number of Topliss-reactive ketones (excluding diaryl/α,β-unsaturated/α-hetero) is 1. The lowest BCUT2D eigenvalue weighted by Crippen LogP contribution is -2.46. The van der Waals surface area contributed by atoms with Gasteiger partial charge in [0.05, 0.1) is 0 Å². The van der Waals surface area contributed by atoms with Crippen LogP contribution in [-0.4, -0.2) is 54.1 Å². The normalized spacial score (nSPS) is 21.2. The summed E-state index contributed by atoms with van der Waals surface area (Å²) in [5.74, 6) is 0.727. The average Bonchev–Trinajstić information content (AvgIpc) is 3.36. The molecule has 1 N–H and O–H groups in total. The number of benzene rings is 1. The maximum absolute atomic E-state index is 14.0. The standard InChI is InChI=1S/C31H31BrN6O3/c1-16-6-9-26(32)35-29(16)36-30(41)24-11-31(5)12-25(31)38(24)27(40)15-37-17(2)28(18(3)39)22-10-20(7-8-23(22)37)21-13-33-19(4)34-14-21/h6-10,13-14,24-25H,11-12,15H2,1-5H3,(H,35,36,41)/t24-,25+,31-/m0/s1. The molecule has 10 heteroatoms. The molecule has 1 saturated carbocycles. The highest BCUT2D eigenvalue weighted by molar-refractivity contribution is 9.10. The van der Waals surface area contributed by atoms with Gasteiger partial charge in [0, 0.05) is 46.2 Å². The van der Waals surface area contributed by atoms with Crippen molar-refractivity contribution in [1.29, 1.82) is 0 Å². The molecule has 0 radical (unpaired) electrons. The van der Waals surface area contributed by atoms with Crippen molar-refractivity contribution in [2.75, 3.05) is 5.32 Å². The number of fused-ring (bicyclic) bond motifs is 2. The quantitative estimate of drug-likeness (QED) is 0.230. The minimum Gasteiger partial charge on any atom is -0.335 e. The summed E-state index contributed by atoms with van der Waals surface area (Å²) in [5.41, 5.74) is 4.63. The summed E-state index contributed by atoms with van der Waals surface area (Å²) < 4.78 is 2.53. The van der Waals surface area contributed by atoms with Gasteiger partial charge in [0.1, 0.15) is 28.8 Å². The first-order valence-corrected chi connectivity index (χ1v) is 14.4. The van der Waals surface area contributed by atoms with Crippen LogP contribution >= 0.6 is 15.9 Å². The van der Waals surface area contributed by atoms with Crippen LogP contribution in [0.2, 0.25) is 0 Å². The summed E-state index contributed by atoms with van der Waals surface area (Å²) in [6.45, 7) is 9.30. The van der Waals surface area contributed by atoms with E-state index in [1.807, 2.05) is 55.7 Å². The second-order valence-corrected chi connectivity index (χ2v) is 12.3. The van der Waals surface area contributed by atoms with Crippen molar-refractivity contribution in [3.05, 3.63) is 70.0 Å². The van der Waals surface area contributed by atoms with Crippen LogP contribution in [0.1, 0.15) is 54.1 Å². The van der Waals surface area contributed by atoms with Gasteiger partial charge in [-0.25, -0.2) is 15.0 Å². The minimum atomic E-state index is -0.589. The highest BCUT2D eigenvalue weighted by Gasteiger charge is 2.64. The number of carbonyl (C=O) groups excluding carboxylic acids is 3. The number of hydrogen-bond acceptors (Lipinski definition) is 6. The zero-order valence-electron chi connectivity index (χ0n) is 23.7. The zero-order chi connectivity index (χ0) is 29.2. The predicted octanol–water partition coefficient (Wildman–Crippen LogP) is 5.40. The van der Waals surface area contributed by atoms with E-state index in [4.69, 9.17) is 0 Å². The summed E-state index contributed by atoms with van der Waals surface area (Å²) >= 11 is 3.37. The van der Waals surface area contributed by atoms with Crippen molar-refractivity contribution >= 4 is 50.2 Å². The van der Waals surface area contributed by atoms with Gasteiger partial charge in [0.15, 0.2) is 5.78 Å². The van der Waals surface area contributed by atoms with Gasteiger partial charge >= 0.3 is 0 Å². The molecule has 1 aliphatic heterocycles. The third kappa shape index (κ3) is 4.73. The van der Waals surface area contributed by atoms with E-state index in [1.165, 1.54) is 0 Å². The lowest BCUT2D eigenvalue weighted by molar-refractivity contribution is -0.138. The third-order valence-electron chi connectivity index (χ3n) is 8.61. The molecule has 2 aliphatic rings. The number of halogens is 1. The van der Waals surface area contributed by atoms with Crippen LogP contribution in [0.5, 0.6) is 0 Å². The number of ketones is 1. The molecule has 41 heavy (non-hydrogen) atoms. The number of amides is 2. The van der Waals surface area contributed by atoms with Crippen molar-refractivity contribution in [3.63, 3.8) is 0 Å². The molecule has 2 fully saturated rings. The van der Waals surface area contributed by atoms with Crippen LogP contribution in [0.4, 0.5) is 5.82 Å². The Morgan fingerprint density at radius 1 is 1.05 bits per heavy atom. The Morgan fingerprint density at radius 2 is 1.78 bits per heavy atom. The second-order valence-electron chi connectivity index (χ2n) is 11.5. The number of likely N-dealkylation sites (tertiary alicyclic amines) is 1. The predicted molar refractivity (Wildman–Crippen MR) is 160 cm³/mol. The van der Waals surface area contributed by atoms with E-state index in [0.29, 0.717) is 28.2 Å². The number of pyridine rings is 1. The Morgan fingerprint density at radius 3 is 2.49 bits per heavy atom. The van der Waals surface area contributed by atoms with Gasteiger partial charge in [-0.1, -0.05) is 19.1 Å². The maximum Gasteiger partial charge on any atom is 0.248 e. The van der Waals surface area contributed by atoms with E-state index in [2.05, 4.69) is 43.1 Å². The van der Waals surface area contributed by atoms with Gasteiger partial charge in [0.25, 0.3) is 0 Å². The number of aromatic nitrogens is 4. The fourth-order valence-electron chi connectivity index (χ4n) is 6.26. The first-order chi connectivity index (χ1) is 19.5. The summed E-state index contributed by atoms with van der Waals surface area (Å²) in [6.07, 6.45) is 5.01. The number of anilines is 1. The van der Waals surface area contributed by atoms with Gasteiger partial charge in [0.2, 0.25) is 11.8 Å². The molecule has 2 amide bonds. The Balaban J connectivity index is 1.32. The Kier molecular flexibility index (Phi) is 6.56. The maximum atomic E-state index is 14.0. The Labute approximate surface area is 246 Å². The number of hydrogen-bond donors (Lipinski definition) is 1. The Bertz CT molecular complexity index is 1750. The van der Waals surface area contributed by atoms with E-state index < -0.39 is 6.04 Å². The molecule has 3 atom stereocenters. The van der Waals surface area contributed by atoms with Crippen molar-refractivity contribution in [3.8, 4) is 11.1 Å². The van der Waals surface area contributed by atoms with Crippen LogP contribution < -0.4 is 5.32 Å². The fourth-order valence-corrected chi connectivity index (χ4v) is 6.57. The van der Waals surface area contributed by atoms with E-state index in [1.54, 1.807) is 24.2 Å². The highest BCUT2D eigenvalue weighted by Crippen LogP contribution is 2.59. The topological polar surface area (TPSA) is 110 Å². The molecule has 9 nitrogen and oxygen atoms in total. The molecule has 1 aromatic carbocycles. The highest BCUT2D eigenvalue weighted by atomic mass is 79.9. The average molecular weight is 616 g/mol. The minimum absolute atomic E-state index is 0.0184. The van der Waals surface area contributed by atoms with Crippen molar-refractivity contribution < 1.29 is 14.4 Å². The molecule has 3 aromatic heterocycles. The molecular formula is C31H31BrN6O3. The summed E-state index contributed by atoms with van der Waals surface area (Å²) in [6, 6.07) is 8.99. The second kappa shape index (κ2) is 9.87. The van der Waals surface area contributed by atoms with Crippen molar-refractivity contribution in [1.82, 2.24) is 24.4 Å². The van der Waals surface area contributed by atoms with Crippen LogP contribution in [-0.2, 0) is 16.1 Å². The molecule has 0 bridgehead atoms. The number of carbonyl (C=O) groups is 3. The first kappa shape index (κ1) is 27.3. The number of nitrogens with one attached hydrogen (secondary N) is 1. The molecule has 0 unspecified atom stereocenters. The molecule has 4 aromatic rings. The summed E-state index contributed by atoms with van der Waals surface area (Å²) in [4.78, 5) is 55.0. The Hall–Kier alpha value is -3.92. The van der Waals surface area contributed by atoms with E-state index >= 15 is 0 Å². The molecule has 1 aliphatic carbocycles. The molecule has 0 spiro atoms.